The van der Waals surface area contributed by atoms with E-state index >= 15 is 0 Å². The standard InChI is InChI=1S/C13H12BrCl2NS/c1-2-17-13(9-6-12(14)18-7-9)8-3-4-10(15)11(16)5-8/h3-7,13,17H,2H2,1H3. The average molecular weight is 365 g/mol. The summed E-state index contributed by atoms with van der Waals surface area (Å²) >= 11 is 17.2. The van der Waals surface area contributed by atoms with Gasteiger partial charge < -0.3 is 5.32 Å². The molecule has 1 heterocycles. The van der Waals surface area contributed by atoms with Crippen LogP contribution in [0.4, 0.5) is 0 Å². The minimum Gasteiger partial charge on any atom is -0.307 e. The molecule has 1 N–H and O–H groups in total. The minimum atomic E-state index is 0.146. The Morgan fingerprint density at radius 1 is 1.22 bits per heavy atom. The van der Waals surface area contributed by atoms with Crippen LogP contribution >= 0.6 is 50.5 Å². The van der Waals surface area contributed by atoms with Gasteiger partial charge in [0.25, 0.3) is 0 Å². The van der Waals surface area contributed by atoms with Crippen molar-refractivity contribution in [1.29, 1.82) is 0 Å². The number of hydrogen-bond acceptors (Lipinski definition) is 2. The molecule has 0 radical (unpaired) electrons. The lowest BCUT2D eigenvalue weighted by atomic mass is 10.0. The average Bonchev–Trinajstić information content (AvgIpc) is 2.76. The number of benzene rings is 1. The highest BCUT2D eigenvalue weighted by atomic mass is 79.9. The van der Waals surface area contributed by atoms with Crippen LogP contribution < -0.4 is 5.32 Å². The van der Waals surface area contributed by atoms with Gasteiger partial charge in [-0.1, -0.05) is 36.2 Å². The summed E-state index contributed by atoms with van der Waals surface area (Å²) in [5, 5.41) is 6.77. The lowest BCUT2D eigenvalue weighted by molar-refractivity contribution is 0.632. The van der Waals surface area contributed by atoms with Crippen LogP contribution in [0.2, 0.25) is 10.0 Å². The Hall–Kier alpha value is -0.0600. The number of halogens is 3. The molecule has 1 nitrogen and oxygen atoms in total. The topological polar surface area (TPSA) is 12.0 Å². The molecule has 0 aliphatic heterocycles. The zero-order valence-corrected chi connectivity index (χ0v) is 13.6. The van der Waals surface area contributed by atoms with Gasteiger partial charge in [-0.15, -0.1) is 11.3 Å². The molecule has 0 bridgehead atoms. The van der Waals surface area contributed by atoms with E-state index in [1.165, 1.54) is 5.56 Å². The Labute approximate surface area is 129 Å². The number of rotatable bonds is 4. The van der Waals surface area contributed by atoms with Crippen LogP contribution in [0, 0.1) is 0 Å². The molecule has 0 saturated carbocycles. The fraction of sp³-hybridized carbons (Fsp3) is 0.231. The van der Waals surface area contributed by atoms with Crippen LogP contribution in [0.1, 0.15) is 24.1 Å². The van der Waals surface area contributed by atoms with Crippen molar-refractivity contribution in [1.82, 2.24) is 5.32 Å². The third-order valence-corrected chi connectivity index (χ3v) is 4.87. The first-order chi connectivity index (χ1) is 8.61. The van der Waals surface area contributed by atoms with Crippen LogP contribution in [0.25, 0.3) is 0 Å². The summed E-state index contributed by atoms with van der Waals surface area (Å²) < 4.78 is 1.13. The summed E-state index contributed by atoms with van der Waals surface area (Å²) in [5.74, 6) is 0. The van der Waals surface area contributed by atoms with E-state index in [-0.39, 0.29) is 6.04 Å². The summed E-state index contributed by atoms with van der Waals surface area (Å²) in [6.07, 6.45) is 0. The van der Waals surface area contributed by atoms with Crippen molar-refractivity contribution in [2.75, 3.05) is 6.54 Å². The Balaban J connectivity index is 2.37. The van der Waals surface area contributed by atoms with Crippen LogP contribution in [0.5, 0.6) is 0 Å². The van der Waals surface area contributed by atoms with Gasteiger partial charge in [0, 0.05) is 0 Å². The molecular weight excluding hydrogens is 353 g/mol. The van der Waals surface area contributed by atoms with E-state index in [9.17, 15) is 0 Å². The second-order valence-corrected chi connectivity index (χ2v) is 6.95. The van der Waals surface area contributed by atoms with Gasteiger partial charge in [-0.25, -0.2) is 0 Å². The Kier molecular flexibility index (Phi) is 5.10. The summed E-state index contributed by atoms with van der Waals surface area (Å²) in [7, 11) is 0. The lowest BCUT2D eigenvalue weighted by Gasteiger charge is -2.18. The van der Waals surface area contributed by atoms with Crippen molar-refractivity contribution in [3.8, 4) is 0 Å². The molecule has 0 fully saturated rings. The first-order valence-electron chi connectivity index (χ1n) is 5.54. The Morgan fingerprint density at radius 2 is 2.00 bits per heavy atom. The third kappa shape index (κ3) is 3.28. The summed E-state index contributed by atoms with van der Waals surface area (Å²) in [4.78, 5) is 0. The molecule has 1 aromatic heterocycles. The van der Waals surface area contributed by atoms with Crippen molar-refractivity contribution >= 4 is 50.5 Å². The zero-order valence-electron chi connectivity index (χ0n) is 9.71. The SMILES string of the molecule is CCNC(c1csc(Br)c1)c1ccc(Cl)c(Cl)c1. The smallest absolute Gasteiger partial charge is 0.0701 e. The van der Waals surface area contributed by atoms with Crippen LogP contribution in [0.15, 0.2) is 33.4 Å². The summed E-state index contributed by atoms with van der Waals surface area (Å²) in [6, 6.07) is 8.04. The molecule has 5 heteroatoms. The highest BCUT2D eigenvalue weighted by molar-refractivity contribution is 9.11. The van der Waals surface area contributed by atoms with E-state index in [1.807, 2.05) is 18.2 Å². The van der Waals surface area contributed by atoms with Crippen molar-refractivity contribution < 1.29 is 0 Å². The molecule has 1 aromatic carbocycles. The van der Waals surface area contributed by atoms with E-state index < -0.39 is 0 Å². The maximum Gasteiger partial charge on any atom is 0.0701 e. The largest absolute Gasteiger partial charge is 0.307 e. The summed E-state index contributed by atoms with van der Waals surface area (Å²) in [6.45, 7) is 2.98. The fourth-order valence-corrected chi connectivity index (χ4v) is 3.31. The predicted octanol–water partition coefficient (Wildman–Crippen LogP) is 5.52. The molecule has 1 unspecified atom stereocenters. The molecule has 2 aromatic rings. The van der Waals surface area contributed by atoms with E-state index in [2.05, 4.69) is 39.6 Å². The lowest BCUT2D eigenvalue weighted by Crippen LogP contribution is -2.21. The van der Waals surface area contributed by atoms with Gasteiger partial charge in [0.15, 0.2) is 0 Å². The van der Waals surface area contributed by atoms with Crippen molar-refractivity contribution in [3.05, 3.63) is 54.6 Å². The minimum absolute atomic E-state index is 0.146. The highest BCUT2D eigenvalue weighted by Crippen LogP contribution is 2.32. The van der Waals surface area contributed by atoms with Crippen molar-refractivity contribution in [2.24, 2.45) is 0 Å². The first-order valence-corrected chi connectivity index (χ1v) is 7.97. The number of hydrogen-bond donors (Lipinski definition) is 1. The molecule has 0 aliphatic rings. The Morgan fingerprint density at radius 3 is 2.56 bits per heavy atom. The molecule has 96 valence electrons. The maximum absolute atomic E-state index is 6.08. The molecular formula is C13H12BrCl2NS. The maximum atomic E-state index is 6.08. The first kappa shape index (κ1) is 14.4. The molecule has 0 amide bonds. The van der Waals surface area contributed by atoms with Gasteiger partial charge >= 0.3 is 0 Å². The van der Waals surface area contributed by atoms with Crippen LogP contribution in [-0.4, -0.2) is 6.54 Å². The van der Waals surface area contributed by atoms with Crippen LogP contribution in [0.3, 0.4) is 0 Å². The Bertz CT molecular complexity index is 542. The monoisotopic (exact) mass is 363 g/mol. The van der Waals surface area contributed by atoms with E-state index in [0.717, 1.165) is 15.9 Å². The van der Waals surface area contributed by atoms with E-state index in [4.69, 9.17) is 23.2 Å². The van der Waals surface area contributed by atoms with E-state index in [0.29, 0.717) is 10.0 Å². The van der Waals surface area contributed by atoms with Gasteiger partial charge in [-0.2, -0.15) is 0 Å². The van der Waals surface area contributed by atoms with Gasteiger partial charge in [-0.05, 0) is 57.2 Å². The predicted molar refractivity (Wildman–Crippen MR) is 84.0 cm³/mol. The molecule has 0 spiro atoms. The van der Waals surface area contributed by atoms with Gasteiger partial charge in [-0.3, -0.25) is 0 Å². The quantitative estimate of drug-likeness (QED) is 0.753. The molecule has 0 saturated heterocycles. The fourth-order valence-electron chi connectivity index (χ4n) is 1.80. The second-order valence-electron chi connectivity index (χ2n) is 3.85. The van der Waals surface area contributed by atoms with Gasteiger partial charge in [0.05, 0.1) is 19.9 Å². The molecule has 0 aliphatic carbocycles. The summed E-state index contributed by atoms with van der Waals surface area (Å²) in [5.41, 5.74) is 2.35. The molecule has 18 heavy (non-hydrogen) atoms. The van der Waals surface area contributed by atoms with Crippen molar-refractivity contribution in [2.45, 2.75) is 13.0 Å². The van der Waals surface area contributed by atoms with Crippen molar-refractivity contribution in [3.63, 3.8) is 0 Å². The zero-order chi connectivity index (χ0) is 13.1. The third-order valence-electron chi connectivity index (χ3n) is 2.61. The van der Waals surface area contributed by atoms with E-state index in [1.54, 1.807) is 11.3 Å². The molecule has 1 atom stereocenters. The molecule has 2 rings (SSSR count). The number of nitrogens with one attached hydrogen (secondary N) is 1. The number of thiophene rings is 1. The van der Waals surface area contributed by atoms with Crippen LogP contribution in [-0.2, 0) is 0 Å². The second kappa shape index (κ2) is 6.40. The normalized spacial score (nSPS) is 12.7. The highest BCUT2D eigenvalue weighted by Gasteiger charge is 2.15. The van der Waals surface area contributed by atoms with Gasteiger partial charge in [0.1, 0.15) is 0 Å². The van der Waals surface area contributed by atoms with Gasteiger partial charge in [0.2, 0.25) is 0 Å².